The molecule has 0 saturated carbocycles. The molecule has 124 valence electrons. The van der Waals surface area contributed by atoms with Crippen molar-refractivity contribution in [2.45, 2.75) is 33.1 Å². The number of hydrogen-bond donors (Lipinski definition) is 0. The third-order valence-electron chi connectivity index (χ3n) is 2.63. The van der Waals surface area contributed by atoms with Crippen LogP contribution in [0.25, 0.3) is 0 Å². The van der Waals surface area contributed by atoms with E-state index in [0.29, 0.717) is 26.2 Å². The number of carbonyl (C=O) groups is 1. The summed E-state index contributed by atoms with van der Waals surface area (Å²) in [4.78, 5) is 16.0. The first-order valence-corrected chi connectivity index (χ1v) is 7.30. The van der Waals surface area contributed by atoms with Crippen LogP contribution in [-0.4, -0.2) is 32.0 Å². The van der Waals surface area contributed by atoms with Crippen molar-refractivity contribution in [3.05, 3.63) is 29.8 Å². The number of halogens is 1. The highest BCUT2D eigenvalue weighted by molar-refractivity contribution is 5.85. The van der Waals surface area contributed by atoms with Crippen molar-refractivity contribution >= 4 is 24.6 Å². The molecule has 0 aromatic heterocycles. The van der Waals surface area contributed by atoms with E-state index in [1.54, 1.807) is 6.21 Å². The average molecular weight is 330 g/mol. The third kappa shape index (κ3) is 9.23. The van der Waals surface area contributed by atoms with Gasteiger partial charge in [0.25, 0.3) is 0 Å². The summed E-state index contributed by atoms with van der Waals surface area (Å²) in [6.07, 6.45) is 3.71. The molecular formula is C16H24ClNO4. The predicted molar refractivity (Wildman–Crippen MR) is 88.9 cm³/mol. The number of benzene rings is 1. The second-order valence-corrected chi connectivity index (χ2v) is 4.33. The van der Waals surface area contributed by atoms with Gasteiger partial charge in [-0.2, -0.15) is 0 Å². The summed E-state index contributed by atoms with van der Waals surface area (Å²) in [5.74, 6) is 0.662. The average Bonchev–Trinajstić information content (AvgIpc) is 2.49. The first-order chi connectivity index (χ1) is 10.3. The Bertz CT molecular complexity index is 434. The number of nitrogens with zero attached hydrogens (tertiary/aromatic N) is 1. The van der Waals surface area contributed by atoms with Crippen LogP contribution >= 0.6 is 12.4 Å². The molecule has 0 N–H and O–H groups in total. The lowest BCUT2D eigenvalue weighted by atomic mass is 10.2. The lowest BCUT2D eigenvalue weighted by Crippen LogP contribution is -2.05. The van der Waals surface area contributed by atoms with Gasteiger partial charge in [0, 0.05) is 6.42 Å². The molecule has 22 heavy (non-hydrogen) atoms. The highest BCUT2D eigenvalue weighted by Gasteiger charge is 2.01. The third-order valence-corrected chi connectivity index (χ3v) is 2.63. The van der Waals surface area contributed by atoms with Crippen LogP contribution in [0.3, 0.4) is 0 Å². The van der Waals surface area contributed by atoms with Crippen LogP contribution in [0.2, 0.25) is 0 Å². The molecule has 5 nitrogen and oxygen atoms in total. The molecule has 0 amide bonds. The smallest absolute Gasteiger partial charge is 0.305 e. The second kappa shape index (κ2) is 13.0. The molecule has 0 aliphatic heterocycles. The summed E-state index contributed by atoms with van der Waals surface area (Å²) in [5.41, 5.74) is 0.957. The number of oxime groups is 1. The van der Waals surface area contributed by atoms with Crippen molar-refractivity contribution in [2.75, 3.05) is 19.8 Å². The van der Waals surface area contributed by atoms with E-state index in [-0.39, 0.29) is 18.4 Å². The fourth-order valence-electron chi connectivity index (χ4n) is 1.62. The highest BCUT2D eigenvalue weighted by Crippen LogP contribution is 2.12. The Morgan fingerprint density at radius 3 is 2.50 bits per heavy atom. The van der Waals surface area contributed by atoms with E-state index in [1.165, 1.54) is 0 Å². The number of esters is 1. The Balaban J connectivity index is 0.00000441. The molecule has 6 heteroatoms. The summed E-state index contributed by atoms with van der Waals surface area (Å²) in [5, 5.41) is 3.80. The van der Waals surface area contributed by atoms with Crippen LogP contribution in [0.15, 0.2) is 29.4 Å². The van der Waals surface area contributed by atoms with Gasteiger partial charge >= 0.3 is 5.97 Å². The first kappa shape index (κ1) is 20.2. The minimum absolute atomic E-state index is 0. The van der Waals surface area contributed by atoms with Gasteiger partial charge in [-0.25, -0.2) is 0 Å². The molecule has 0 bridgehead atoms. The maximum Gasteiger partial charge on any atom is 0.305 e. The van der Waals surface area contributed by atoms with Gasteiger partial charge in [0.05, 0.1) is 19.4 Å². The molecule has 0 unspecified atom stereocenters. The summed E-state index contributed by atoms with van der Waals surface area (Å²) in [6.45, 7) is 5.28. The fraction of sp³-hybridized carbons (Fsp3) is 0.500. The molecule has 1 aromatic carbocycles. The van der Waals surface area contributed by atoms with Gasteiger partial charge in [0.1, 0.15) is 12.4 Å². The number of rotatable bonds is 10. The summed E-state index contributed by atoms with van der Waals surface area (Å²) < 4.78 is 10.5. The van der Waals surface area contributed by atoms with Gasteiger partial charge in [-0.05, 0) is 56.5 Å². The minimum atomic E-state index is -0.143. The Morgan fingerprint density at radius 1 is 1.14 bits per heavy atom. The second-order valence-electron chi connectivity index (χ2n) is 4.33. The van der Waals surface area contributed by atoms with Gasteiger partial charge < -0.3 is 14.3 Å². The summed E-state index contributed by atoms with van der Waals surface area (Å²) in [6, 6.07) is 7.60. The van der Waals surface area contributed by atoms with Gasteiger partial charge in [-0.1, -0.05) is 5.16 Å². The Hall–Kier alpha value is -1.75. The highest BCUT2D eigenvalue weighted by atomic mass is 35.5. The zero-order chi connectivity index (χ0) is 15.3. The van der Waals surface area contributed by atoms with Crippen molar-refractivity contribution in [3.63, 3.8) is 0 Å². The van der Waals surface area contributed by atoms with E-state index in [2.05, 4.69) is 5.16 Å². The molecule has 0 aliphatic carbocycles. The normalized spacial score (nSPS) is 10.1. The van der Waals surface area contributed by atoms with E-state index < -0.39 is 0 Å². The maximum atomic E-state index is 11.1. The number of unbranched alkanes of at least 4 members (excludes halogenated alkanes) is 1. The molecule has 0 atom stereocenters. The largest absolute Gasteiger partial charge is 0.494 e. The molecule has 0 aliphatic rings. The van der Waals surface area contributed by atoms with E-state index >= 15 is 0 Å². The lowest BCUT2D eigenvalue weighted by Gasteiger charge is -2.06. The monoisotopic (exact) mass is 329 g/mol. The van der Waals surface area contributed by atoms with E-state index in [0.717, 1.165) is 24.2 Å². The predicted octanol–water partition coefficient (Wildman–Crippen LogP) is 3.59. The number of hydrogen-bond acceptors (Lipinski definition) is 5. The molecule has 1 aromatic rings. The van der Waals surface area contributed by atoms with E-state index in [4.69, 9.17) is 14.3 Å². The van der Waals surface area contributed by atoms with Crippen LogP contribution in [0.1, 0.15) is 38.7 Å². The SMILES string of the molecule is CCO/N=C/c1ccc(OCCCCC(=O)OCC)cc1.Cl. The van der Waals surface area contributed by atoms with Gasteiger partial charge in [-0.3, -0.25) is 4.79 Å². The fourth-order valence-corrected chi connectivity index (χ4v) is 1.62. The van der Waals surface area contributed by atoms with E-state index in [1.807, 2.05) is 38.1 Å². The maximum absolute atomic E-state index is 11.1. The Morgan fingerprint density at radius 2 is 1.86 bits per heavy atom. The molecule has 0 spiro atoms. The molecule has 1 rings (SSSR count). The quantitative estimate of drug-likeness (QED) is 0.285. The number of ether oxygens (including phenoxy) is 2. The Labute approximate surface area is 138 Å². The van der Waals surface area contributed by atoms with Crippen molar-refractivity contribution in [3.8, 4) is 5.75 Å². The van der Waals surface area contributed by atoms with Crippen molar-refractivity contribution in [2.24, 2.45) is 5.16 Å². The van der Waals surface area contributed by atoms with Gasteiger partial charge in [0.2, 0.25) is 0 Å². The van der Waals surface area contributed by atoms with Crippen LogP contribution in [-0.2, 0) is 14.4 Å². The minimum Gasteiger partial charge on any atom is -0.494 e. The van der Waals surface area contributed by atoms with Crippen LogP contribution in [0, 0.1) is 0 Å². The van der Waals surface area contributed by atoms with Gasteiger partial charge in [-0.15, -0.1) is 12.4 Å². The number of carbonyl (C=O) groups excluding carboxylic acids is 1. The molecule has 0 radical (unpaired) electrons. The molecule has 0 heterocycles. The zero-order valence-electron chi connectivity index (χ0n) is 13.1. The lowest BCUT2D eigenvalue weighted by molar-refractivity contribution is -0.143. The molecule has 0 fully saturated rings. The van der Waals surface area contributed by atoms with Crippen LogP contribution in [0.5, 0.6) is 5.75 Å². The van der Waals surface area contributed by atoms with Crippen LogP contribution < -0.4 is 4.74 Å². The summed E-state index contributed by atoms with van der Waals surface area (Å²) >= 11 is 0. The first-order valence-electron chi connectivity index (χ1n) is 7.30. The Kier molecular flexibility index (Phi) is 11.9. The van der Waals surface area contributed by atoms with Crippen LogP contribution in [0.4, 0.5) is 0 Å². The topological polar surface area (TPSA) is 57.1 Å². The van der Waals surface area contributed by atoms with Crippen molar-refractivity contribution < 1.29 is 19.1 Å². The van der Waals surface area contributed by atoms with E-state index in [9.17, 15) is 4.79 Å². The van der Waals surface area contributed by atoms with Crippen molar-refractivity contribution in [1.82, 2.24) is 0 Å². The molecule has 0 saturated heterocycles. The zero-order valence-corrected chi connectivity index (χ0v) is 13.9. The van der Waals surface area contributed by atoms with Gasteiger partial charge in [0.15, 0.2) is 0 Å². The molecular weight excluding hydrogens is 306 g/mol. The summed E-state index contributed by atoms with van der Waals surface area (Å²) in [7, 11) is 0. The van der Waals surface area contributed by atoms with Crippen molar-refractivity contribution in [1.29, 1.82) is 0 Å². The standard InChI is InChI=1S/C16H23NO4.ClH/c1-3-19-16(18)7-5-6-12-20-15-10-8-14(9-11-15)13-17-21-4-2;/h8-11,13H,3-7,12H2,1-2H3;1H/b17-13+;.